The Morgan fingerprint density at radius 3 is 2.56 bits per heavy atom. The number of amides is 1. The van der Waals surface area contributed by atoms with Crippen molar-refractivity contribution >= 4 is 44.0 Å². The number of pyridine rings is 3. The molecule has 0 spiro atoms. The van der Waals surface area contributed by atoms with Crippen LogP contribution in [0.3, 0.4) is 0 Å². The molecule has 2 aliphatic rings. The van der Waals surface area contributed by atoms with E-state index in [2.05, 4.69) is 31.2 Å². The van der Waals surface area contributed by atoms with Crippen LogP contribution in [-0.4, -0.2) is 68.3 Å². The molecule has 0 aliphatic carbocycles. The number of hydrogen-bond acceptors (Lipinski definition) is 8. The summed E-state index contributed by atoms with van der Waals surface area (Å²) in [5.41, 5.74) is 4.56. The van der Waals surface area contributed by atoms with Gasteiger partial charge < -0.3 is 15.1 Å². The number of carbonyl (C=O) groups excluding carboxylic acids is 1. The van der Waals surface area contributed by atoms with E-state index in [1.54, 1.807) is 24.5 Å². The number of anilines is 3. The molecule has 1 aromatic carbocycles. The molecule has 1 N–H and O–H groups in total. The monoisotopic (exact) mass is 543 g/mol. The Morgan fingerprint density at radius 1 is 0.974 bits per heavy atom. The number of nitrogens with zero attached hydrogens (tertiary/aromatic N) is 6. The number of aromatic nitrogens is 3. The van der Waals surface area contributed by atoms with E-state index >= 15 is 0 Å². The van der Waals surface area contributed by atoms with E-state index in [1.165, 1.54) is 10.6 Å². The van der Waals surface area contributed by atoms with Crippen molar-refractivity contribution < 1.29 is 13.2 Å². The maximum atomic E-state index is 12.9. The minimum atomic E-state index is -3.39. The molecule has 2 aliphatic heterocycles. The van der Waals surface area contributed by atoms with E-state index in [9.17, 15) is 13.2 Å². The molecule has 1 saturated heterocycles. The number of fused-ring (bicyclic) bond motifs is 2. The van der Waals surface area contributed by atoms with Gasteiger partial charge in [0.1, 0.15) is 5.82 Å². The highest BCUT2D eigenvalue weighted by atomic mass is 32.2. The first kappa shape index (κ1) is 25.1. The molecule has 1 fully saturated rings. The lowest BCUT2D eigenvalue weighted by Crippen LogP contribution is -2.46. The van der Waals surface area contributed by atoms with Crippen LogP contribution in [0.5, 0.6) is 0 Å². The van der Waals surface area contributed by atoms with Gasteiger partial charge in [-0.1, -0.05) is 6.07 Å². The molecular formula is C28H29N7O3S. The Morgan fingerprint density at radius 2 is 1.79 bits per heavy atom. The van der Waals surface area contributed by atoms with Gasteiger partial charge in [0.05, 0.1) is 41.6 Å². The zero-order valence-corrected chi connectivity index (χ0v) is 22.4. The lowest BCUT2D eigenvalue weighted by atomic mass is 10.1. The summed E-state index contributed by atoms with van der Waals surface area (Å²) in [5.74, 6) is 0.635. The Kier molecular flexibility index (Phi) is 6.51. The quantitative estimate of drug-likeness (QED) is 0.395. The summed E-state index contributed by atoms with van der Waals surface area (Å²) in [6, 6.07) is 15.2. The first-order valence-corrected chi connectivity index (χ1v) is 14.7. The highest BCUT2D eigenvalue weighted by Gasteiger charge is 2.27. The number of carbonyl (C=O) groups is 1. The number of rotatable bonds is 6. The maximum Gasteiger partial charge on any atom is 0.251 e. The summed E-state index contributed by atoms with van der Waals surface area (Å²) in [4.78, 5) is 31.1. The van der Waals surface area contributed by atoms with Crippen molar-refractivity contribution in [2.75, 3.05) is 53.1 Å². The third kappa shape index (κ3) is 5.22. The molecule has 0 atom stereocenters. The van der Waals surface area contributed by atoms with Gasteiger partial charge in [-0.15, -0.1) is 0 Å². The first-order valence-electron chi connectivity index (χ1n) is 12.9. The second kappa shape index (κ2) is 10.1. The van der Waals surface area contributed by atoms with Crippen molar-refractivity contribution in [2.45, 2.75) is 13.0 Å². The van der Waals surface area contributed by atoms with Gasteiger partial charge >= 0.3 is 0 Å². The summed E-state index contributed by atoms with van der Waals surface area (Å²) in [6.07, 6.45) is 7.27. The summed E-state index contributed by atoms with van der Waals surface area (Å²) in [7, 11) is -3.39. The average molecular weight is 544 g/mol. The number of nitrogens with one attached hydrogen (secondary N) is 1. The molecule has 0 radical (unpaired) electrons. The van der Waals surface area contributed by atoms with Crippen molar-refractivity contribution in [1.29, 1.82) is 0 Å². The van der Waals surface area contributed by atoms with Gasteiger partial charge in [0.25, 0.3) is 5.91 Å². The number of sulfonamides is 1. The van der Waals surface area contributed by atoms with Crippen LogP contribution in [0.1, 0.15) is 21.6 Å². The van der Waals surface area contributed by atoms with E-state index in [4.69, 9.17) is 4.98 Å². The fraction of sp³-hybridized carbons (Fsp3) is 0.286. The van der Waals surface area contributed by atoms with E-state index in [0.717, 1.165) is 54.2 Å². The molecule has 3 aromatic heterocycles. The van der Waals surface area contributed by atoms with Crippen molar-refractivity contribution in [3.63, 3.8) is 0 Å². The second-order valence-electron chi connectivity index (χ2n) is 9.83. The predicted molar refractivity (Wildman–Crippen MR) is 152 cm³/mol. The molecule has 0 unspecified atom stereocenters. The lowest BCUT2D eigenvalue weighted by molar-refractivity contribution is 0.0950. The van der Waals surface area contributed by atoms with Crippen LogP contribution in [0.25, 0.3) is 10.9 Å². The van der Waals surface area contributed by atoms with Crippen molar-refractivity contribution in [3.05, 3.63) is 83.9 Å². The highest BCUT2D eigenvalue weighted by Crippen LogP contribution is 2.31. The Hall–Kier alpha value is -4.25. The van der Waals surface area contributed by atoms with Crippen LogP contribution < -0.4 is 19.4 Å². The summed E-state index contributed by atoms with van der Waals surface area (Å²) in [5, 5.41) is 3.84. The molecule has 5 heterocycles. The van der Waals surface area contributed by atoms with Crippen LogP contribution in [0.15, 0.2) is 67.1 Å². The molecule has 6 rings (SSSR count). The van der Waals surface area contributed by atoms with Crippen LogP contribution in [0.2, 0.25) is 0 Å². The normalized spacial score (nSPS) is 15.5. The number of hydrogen-bond donors (Lipinski definition) is 1. The van der Waals surface area contributed by atoms with E-state index < -0.39 is 10.0 Å². The molecule has 10 nitrogen and oxygen atoms in total. The maximum absolute atomic E-state index is 12.9. The van der Waals surface area contributed by atoms with Crippen LogP contribution >= 0.6 is 0 Å². The Bertz CT molecular complexity index is 1640. The van der Waals surface area contributed by atoms with Gasteiger partial charge in [-0.2, -0.15) is 0 Å². The van der Waals surface area contributed by atoms with E-state index in [0.29, 0.717) is 29.9 Å². The zero-order chi connectivity index (χ0) is 27.0. The topological polar surface area (TPSA) is 112 Å². The molecule has 39 heavy (non-hydrogen) atoms. The molecular weight excluding hydrogens is 514 g/mol. The minimum absolute atomic E-state index is 0.233. The van der Waals surface area contributed by atoms with Gasteiger partial charge in [-0.05, 0) is 54.4 Å². The van der Waals surface area contributed by atoms with Crippen molar-refractivity contribution in [3.8, 4) is 0 Å². The van der Waals surface area contributed by atoms with Crippen molar-refractivity contribution in [2.24, 2.45) is 0 Å². The third-order valence-electron chi connectivity index (χ3n) is 7.26. The SMILES string of the molecule is CS(=O)(=O)N1CCc2ccc(C(=O)NCc3cc4nc(N5CCN(c6cccnc6)CC5)ccc4cn3)cc21. The standard InChI is InChI=1S/C28H29N7O3S/c1-39(37,38)35-10-8-20-4-5-21(15-26(20)35)28(36)31-18-23-16-25-22(17-30-23)6-7-27(32-25)34-13-11-33(12-14-34)24-3-2-9-29-19-24/h2-7,9,15-17,19H,8,10-14,18H2,1H3,(H,31,36). The largest absolute Gasteiger partial charge is 0.367 e. The van der Waals surface area contributed by atoms with Crippen LogP contribution in [0, 0.1) is 0 Å². The smallest absolute Gasteiger partial charge is 0.251 e. The van der Waals surface area contributed by atoms with Gasteiger partial charge in [0.2, 0.25) is 10.0 Å². The van der Waals surface area contributed by atoms with Crippen LogP contribution in [-0.2, 0) is 23.0 Å². The number of piperazine rings is 1. The second-order valence-corrected chi connectivity index (χ2v) is 11.7. The van der Waals surface area contributed by atoms with Gasteiger partial charge in [0.15, 0.2) is 0 Å². The number of benzene rings is 1. The fourth-order valence-corrected chi connectivity index (χ4v) is 6.11. The average Bonchev–Trinajstić information content (AvgIpc) is 3.40. The lowest BCUT2D eigenvalue weighted by Gasteiger charge is -2.36. The Labute approximate surface area is 227 Å². The molecule has 1 amide bonds. The molecule has 0 saturated carbocycles. The zero-order valence-electron chi connectivity index (χ0n) is 21.6. The predicted octanol–water partition coefficient (Wildman–Crippen LogP) is 2.60. The molecule has 11 heteroatoms. The molecule has 200 valence electrons. The highest BCUT2D eigenvalue weighted by molar-refractivity contribution is 7.92. The van der Waals surface area contributed by atoms with Gasteiger partial charge in [0, 0.05) is 56.1 Å². The Balaban J connectivity index is 1.12. The van der Waals surface area contributed by atoms with Crippen molar-refractivity contribution in [1.82, 2.24) is 20.3 Å². The molecule has 0 bridgehead atoms. The third-order valence-corrected chi connectivity index (χ3v) is 8.44. The van der Waals surface area contributed by atoms with E-state index in [-0.39, 0.29) is 12.5 Å². The fourth-order valence-electron chi connectivity index (χ4n) is 5.16. The van der Waals surface area contributed by atoms with Crippen LogP contribution in [0.4, 0.5) is 17.2 Å². The van der Waals surface area contributed by atoms with E-state index in [1.807, 2.05) is 36.5 Å². The molecule has 4 aromatic rings. The summed E-state index contributed by atoms with van der Waals surface area (Å²) >= 11 is 0. The van der Waals surface area contributed by atoms with Gasteiger partial charge in [-0.3, -0.25) is 19.1 Å². The summed E-state index contributed by atoms with van der Waals surface area (Å²) < 4.78 is 25.5. The van der Waals surface area contributed by atoms with Gasteiger partial charge in [-0.25, -0.2) is 13.4 Å². The first-order chi connectivity index (χ1) is 18.8. The summed E-state index contributed by atoms with van der Waals surface area (Å²) in [6.45, 7) is 4.14. The minimum Gasteiger partial charge on any atom is -0.367 e.